The molecular weight excluding hydrogens is 781 g/mol. The van der Waals surface area contributed by atoms with E-state index in [0.717, 1.165) is 148 Å². The average Bonchev–Trinajstić information content (AvgIpc) is 3.28. The molecule has 0 amide bonds. The van der Waals surface area contributed by atoms with Crippen molar-refractivity contribution in [3.05, 3.63) is 85.1 Å². The minimum absolute atomic E-state index is 0.0959. The van der Waals surface area contributed by atoms with Gasteiger partial charge in [-0.1, -0.05) is 189 Å². The van der Waals surface area contributed by atoms with Crippen LogP contribution in [0.2, 0.25) is 0 Å². The van der Waals surface area contributed by atoms with E-state index < -0.39 is 6.10 Å². The smallest absolute Gasteiger partial charge is 0.306 e. The number of hydrogen-bond acceptors (Lipinski definition) is 6. The van der Waals surface area contributed by atoms with Crippen LogP contribution in [-0.4, -0.2) is 37.2 Å². The van der Waals surface area contributed by atoms with Crippen molar-refractivity contribution in [3.8, 4) is 0 Å². The summed E-state index contributed by atoms with van der Waals surface area (Å²) in [6, 6.07) is 0. The maximum absolute atomic E-state index is 12.8. The second-order valence-electron chi connectivity index (χ2n) is 17.0. The van der Waals surface area contributed by atoms with Gasteiger partial charge in [-0.05, 0) is 116 Å². The molecule has 6 nitrogen and oxygen atoms in total. The van der Waals surface area contributed by atoms with Crippen LogP contribution in [-0.2, 0) is 28.6 Å². The molecule has 0 aromatic heterocycles. The van der Waals surface area contributed by atoms with Gasteiger partial charge in [0.05, 0.1) is 0 Å². The van der Waals surface area contributed by atoms with Crippen LogP contribution < -0.4 is 0 Å². The standard InChI is InChI=1S/C57H96O6/c1-4-7-10-13-16-19-22-25-28-31-34-37-40-43-46-49-55(58)61-52-54(63-57(60)51-48-45-42-39-36-33-30-27-24-21-18-15-12-9-6-3)53-62-56(59)50-47-44-41-38-35-32-29-26-23-20-17-14-11-8-5-2/h7,10,16-21,25-30,54H,4-6,8-9,11-15,22-24,31-53H2,1-3H3/b10-7+,19-16+,20-17+,21-18+,28-25+,29-26+,30-27+. The van der Waals surface area contributed by atoms with Gasteiger partial charge in [-0.3, -0.25) is 14.4 Å². The zero-order valence-corrected chi connectivity index (χ0v) is 41.1. The molecule has 0 bridgehead atoms. The van der Waals surface area contributed by atoms with Gasteiger partial charge < -0.3 is 14.2 Å². The molecule has 0 spiro atoms. The highest BCUT2D eigenvalue weighted by atomic mass is 16.6. The third-order valence-corrected chi connectivity index (χ3v) is 10.9. The summed E-state index contributed by atoms with van der Waals surface area (Å²) in [7, 11) is 0. The molecule has 360 valence electrons. The second kappa shape index (κ2) is 51.2. The minimum atomic E-state index is -0.797. The first-order valence-corrected chi connectivity index (χ1v) is 26.1. The van der Waals surface area contributed by atoms with Crippen molar-refractivity contribution in [1.82, 2.24) is 0 Å². The molecule has 0 aromatic carbocycles. The van der Waals surface area contributed by atoms with E-state index in [1.165, 1.54) is 51.4 Å². The third-order valence-electron chi connectivity index (χ3n) is 10.9. The van der Waals surface area contributed by atoms with Crippen molar-refractivity contribution in [2.24, 2.45) is 0 Å². The lowest BCUT2D eigenvalue weighted by Crippen LogP contribution is -2.30. The number of unbranched alkanes of at least 4 members (excludes halogenated alkanes) is 21. The molecular formula is C57H96O6. The molecule has 0 rings (SSSR count). The highest BCUT2D eigenvalue weighted by Gasteiger charge is 2.19. The Hall–Kier alpha value is -3.41. The van der Waals surface area contributed by atoms with E-state index in [9.17, 15) is 14.4 Å². The van der Waals surface area contributed by atoms with Gasteiger partial charge in [-0.15, -0.1) is 0 Å². The zero-order valence-electron chi connectivity index (χ0n) is 41.1. The molecule has 0 aromatic rings. The van der Waals surface area contributed by atoms with Gasteiger partial charge in [0.1, 0.15) is 13.2 Å². The number of carbonyl (C=O) groups excluding carboxylic acids is 3. The fourth-order valence-electron chi connectivity index (χ4n) is 6.93. The van der Waals surface area contributed by atoms with Crippen LogP contribution in [0.25, 0.3) is 0 Å². The van der Waals surface area contributed by atoms with E-state index in [1.807, 2.05) is 0 Å². The molecule has 6 heteroatoms. The Kier molecular flexibility index (Phi) is 48.5. The van der Waals surface area contributed by atoms with Crippen LogP contribution >= 0.6 is 0 Å². The normalized spacial score (nSPS) is 12.7. The van der Waals surface area contributed by atoms with Crippen molar-refractivity contribution in [2.75, 3.05) is 13.2 Å². The summed E-state index contributed by atoms with van der Waals surface area (Å²) in [5.74, 6) is -0.940. The first kappa shape index (κ1) is 59.6. The molecule has 0 radical (unpaired) electrons. The first-order valence-electron chi connectivity index (χ1n) is 26.1. The van der Waals surface area contributed by atoms with Gasteiger partial charge in [0.2, 0.25) is 0 Å². The van der Waals surface area contributed by atoms with E-state index >= 15 is 0 Å². The number of ether oxygens (including phenoxy) is 3. The minimum Gasteiger partial charge on any atom is -0.462 e. The molecule has 63 heavy (non-hydrogen) atoms. The number of esters is 3. The molecule has 1 atom stereocenters. The van der Waals surface area contributed by atoms with Crippen LogP contribution in [0, 0.1) is 0 Å². The summed E-state index contributed by atoms with van der Waals surface area (Å²) >= 11 is 0. The summed E-state index contributed by atoms with van der Waals surface area (Å²) in [4.78, 5) is 38.0. The highest BCUT2D eigenvalue weighted by Crippen LogP contribution is 2.13. The van der Waals surface area contributed by atoms with Gasteiger partial charge in [-0.25, -0.2) is 0 Å². The Morgan fingerprint density at radius 1 is 0.333 bits per heavy atom. The fraction of sp³-hybridized carbons (Fsp3) is 0.702. The molecule has 0 aliphatic carbocycles. The van der Waals surface area contributed by atoms with Gasteiger partial charge in [-0.2, -0.15) is 0 Å². The monoisotopic (exact) mass is 877 g/mol. The van der Waals surface area contributed by atoms with Crippen LogP contribution in [0.4, 0.5) is 0 Å². The number of hydrogen-bond donors (Lipinski definition) is 0. The third kappa shape index (κ3) is 49.5. The molecule has 0 saturated carbocycles. The predicted molar refractivity (Wildman–Crippen MR) is 270 cm³/mol. The summed E-state index contributed by atoms with van der Waals surface area (Å²) in [5, 5.41) is 0. The van der Waals surface area contributed by atoms with E-state index in [1.54, 1.807) is 0 Å². The lowest BCUT2D eigenvalue weighted by atomic mass is 10.1. The van der Waals surface area contributed by atoms with Gasteiger partial charge in [0, 0.05) is 19.3 Å². The van der Waals surface area contributed by atoms with E-state index in [-0.39, 0.29) is 31.1 Å². The van der Waals surface area contributed by atoms with E-state index in [4.69, 9.17) is 14.2 Å². The second-order valence-corrected chi connectivity index (χ2v) is 17.0. The maximum atomic E-state index is 12.8. The van der Waals surface area contributed by atoms with Crippen LogP contribution in [0.15, 0.2) is 85.1 Å². The Morgan fingerprint density at radius 2 is 0.619 bits per heavy atom. The molecule has 0 aliphatic heterocycles. The summed E-state index contributed by atoms with van der Waals surface area (Å²) in [6.07, 6.45) is 65.6. The largest absolute Gasteiger partial charge is 0.462 e. The van der Waals surface area contributed by atoms with Gasteiger partial charge in [0.15, 0.2) is 6.10 Å². The van der Waals surface area contributed by atoms with Crippen LogP contribution in [0.5, 0.6) is 0 Å². The summed E-state index contributed by atoms with van der Waals surface area (Å²) in [6.45, 7) is 6.43. The van der Waals surface area contributed by atoms with Crippen molar-refractivity contribution >= 4 is 17.9 Å². The number of rotatable bonds is 46. The Balaban J connectivity index is 4.47. The quantitative estimate of drug-likeness (QED) is 0.0262. The van der Waals surface area contributed by atoms with Crippen LogP contribution in [0.3, 0.4) is 0 Å². The Morgan fingerprint density at radius 3 is 0.968 bits per heavy atom. The molecule has 0 saturated heterocycles. The van der Waals surface area contributed by atoms with Crippen molar-refractivity contribution in [2.45, 2.75) is 245 Å². The van der Waals surface area contributed by atoms with Crippen molar-refractivity contribution < 1.29 is 28.6 Å². The first-order chi connectivity index (χ1) is 31.0. The molecule has 0 heterocycles. The maximum Gasteiger partial charge on any atom is 0.306 e. The SMILES string of the molecule is CC/C=C/C/C=C/C/C=C/CCCCCCCC(=O)OCC(COC(=O)CCCCCCC/C=C/C/C=C/CCCCC)OC(=O)CCCCCCC/C=C/C/C=C/CCCCC. The molecule has 0 fully saturated rings. The highest BCUT2D eigenvalue weighted by molar-refractivity contribution is 5.71. The van der Waals surface area contributed by atoms with E-state index in [0.29, 0.717) is 19.3 Å². The summed E-state index contributed by atoms with van der Waals surface area (Å²) in [5.41, 5.74) is 0. The topological polar surface area (TPSA) is 78.9 Å². The molecule has 0 aliphatic rings. The van der Waals surface area contributed by atoms with Crippen molar-refractivity contribution in [3.63, 3.8) is 0 Å². The van der Waals surface area contributed by atoms with Crippen LogP contribution in [0.1, 0.15) is 239 Å². The summed E-state index contributed by atoms with van der Waals surface area (Å²) < 4.78 is 16.8. The van der Waals surface area contributed by atoms with Gasteiger partial charge >= 0.3 is 17.9 Å². The number of allylic oxidation sites excluding steroid dienone is 14. The zero-order chi connectivity index (χ0) is 45.8. The lowest BCUT2D eigenvalue weighted by Gasteiger charge is -2.18. The predicted octanol–water partition coefficient (Wildman–Crippen LogP) is 17.2. The fourth-order valence-corrected chi connectivity index (χ4v) is 6.93. The van der Waals surface area contributed by atoms with Crippen molar-refractivity contribution in [1.29, 1.82) is 0 Å². The number of carbonyl (C=O) groups is 3. The average molecular weight is 877 g/mol. The van der Waals surface area contributed by atoms with Gasteiger partial charge in [0.25, 0.3) is 0 Å². The Bertz CT molecular complexity index is 1240. The van der Waals surface area contributed by atoms with E-state index in [2.05, 4.69) is 106 Å². The molecule has 1 unspecified atom stereocenters. The lowest BCUT2D eigenvalue weighted by molar-refractivity contribution is -0.167. The molecule has 0 N–H and O–H groups in total. The Labute approximate surface area is 388 Å².